The van der Waals surface area contributed by atoms with E-state index in [9.17, 15) is 26.4 Å². The number of benzene rings is 3. The Morgan fingerprint density at radius 2 is 1.74 bits per heavy atom. The fourth-order valence-electron chi connectivity index (χ4n) is 3.11. The predicted octanol–water partition coefficient (Wildman–Crippen LogP) is 6.27. The van der Waals surface area contributed by atoms with E-state index in [1.165, 1.54) is 43.5 Å². The first-order valence-electron chi connectivity index (χ1n) is 9.92. The van der Waals surface area contributed by atoms with Crippen molar-refractivity contribution in [3.63, 3.8) is 0 Å². The number of carbonyl (C=O) groups excluding carboxylic acids is 1. The Morgan fingerprint density at radius 3 is 2.31 bits per heavy atom. The molecule has 0 aliphatic rings. The van der Waals surface area contributed by atoms with Gasteiger partial charge in [0.1, 0.15) is 12.3 Å². The third-order valence-corrected chi connectivity index (χ3v) is 7.60. The van der Waals surface area contributed by atoms with Crippen molar-refractivity contribution < 1.29 is 31.1 Å². The second-order valence-electron chi connectivity index (χ2n) is 7.38. The number of alkyl halides is 3. The Morgan fingerprint density at radius 1 is 1.09 bits per heavy atom. The molecule has 0 aromatic heterocycles. The van der Waals surface area contributed by atoms with Crippen molar-refractivity contribution >= 4 is 54.8 Å². The zero-order valence-electron chi connectivity index (χ0n) is 18.4. The number of nitrogens with one attached hydrogen (secondary N) is 1. The highest BCUT2D eigenvalue weighted by molar-refractivity contribution is 9.10. The summed E-state index contributed by atoms with van der Waals surface area (Å²) in [5.74, 6) is -0.441. The first kappa shape index (κ1) is 26.8. The topological polar surface area (TPSA) is 75.7 Å². The monoisotopic (exact) mass is 590 g/mol. The zero-order valence-corrected chi connectivity index (χ0v) is 21.5. The summed E-state index contributed by atoms with van der Waals surface area (Å²) in [7, 11) is -2.83. The molecule has 6 nitrogen and oxygen atoms in total. The second kappa shape index (κ2) is 10.5. The van der Waals surface area contributed by atoms with Crippen LogP contribution in [0.5, 0.6) is 5.75 Å². The third-order valence-electron chi connectivity index (χ3n) is 4.88. The van der Waals surface area contributed by atoms with Gasteiger partial charge in [-0.2, -0.15) is 13.2 Å². The predicted molar refractivity (Wildman–Crippen MR) is 131 cm³/mol. The summed E-state index contributed by atoms with van der Waals surface area (Å²) in [5, 5.41) is 1.79. The van der Waals surface area contributed by atoms with E-state index in [4.69, 9.17) is 16.3 Å². The molecule has 3 aromatic carbocycles. The number of halogens is 5. The number of hydrogen-bond donors (Lipinski definition) is 1. The Labute approximate surface area is 213 Å². The van der Waals surface area contributed by atoms with Gasteiger partial charge in [0.15, 0.2) is 0 Å². The first-order chi connectivity index (χ1) is 16.3. The van der Waals surface area contributed by atoms with Crippen molar-refractivity contribution in [2.45, 2.75) is 18.0 Å². The molecule has 0 heterocycles. The highest BCUT2D eigenvalue weighted by Crippen LogP contribution is 2.36. The van der Waals surface area contributed by atoms with Gasteiger partial charge in [-0.15, -0.1) is 0 Å². The number of amides is 1. The van der Waals surface area contributed by atoms with E-state index in [2.05, 4.69) is 21.2 Å². The Hall–Kier alpha value is -2.76. The molecule has 0 aliphatic heterocycles. The number of nitrogens with zero attached hydrogens (tertiary/aromatic N) is 1. The highest BCUT2D eigenvalue weighted by Gasteiger charge is 2.34. The van der Waals surface area contributed by atoms with E-state index >= 15 is 0 Å². The van der Waals surface area contributed by atoms with Crippen LogP contribution in [0.25, 0.3) is 0 Å². The van der Waals surface area contributed by atoms with Crippen molar-refractivity contribution in [1.82, 2.24) is 0 Å². The van der Waals surface area contributed by atoms with Crippen molar-refractivity contribution in [3.8, 4) is 5.75 Å². The van der Waals surface area contributed by atoms with Crippen molar-refractivity contribution in [3.05, 3.63) is 81.3 Å². The minimum atomic E-state index is -4.73. The van der Waals surface area contributed by atoms with E-state index in [0.29, 0.717) is 16.3 Å². The normalized spacial score (nSPS) is 11.7. The van der Waals surface area contributed by atoms with Crippen LogP contribution in [0.2, 0.25) is 5.02 Å². The molecule has 35 heavy (non-hydrogen) atoms. The number of hydrogen-bond acceptors (Lipinski definition) is 4. The number of aryl methyl sites for hydroxylation is 1. The lowest BCUT2D eigenvalue weighted by Gasteiger charge is -2.24. The molecule has 186 valence electrons. The summed E-state index contributed by atoms with van der Waals surface area (Å²) in [6.45, 7) is 1.12. The van der Waals surface area contributed by atoms with E-state index in [-0.39, 0.29) is 16.3 Å². The molecule has 3 aromatic rings. The molecule has 1 N–H and O–H groups in total. The Bertz CT molecular complexity index is 1350. The number of anilines is 2. The number of carbonyl (C=O) groups is 1. The van der Waals surface area contributed by atoms with Crippen molar-refractivity contribution in [2.75, 3.05) is 23.3 Å². The van der Waals surface area contributed by atoms with Gasteiger partial charge >= 0.3 is 6.18 Å². The summed E-state index contributed by atoms with van der Waals surface area (Å²) in [6, 6.07) is 13.4. The molecule has 0 radical (unpaired) electrons. The smallest absolute Gasteiger partial charge is 0.417 e. The summed E-state index contributed by atoms with van der Waals surface area (Å²) in [6.07, 6.45) is -4.73. The van der Waals surface area contributed by atoms with Crippen LogP contribution in [-0.2, 0) is 21.0 Å². The van der Waals surface area contributed by atoms with Crippen LogP contribution in [0.15, 0.2) is 70.0 Å². The maximum atomic E-state index is 13.5. The second-order valence-corrected chi connectivity index (χ2v) is 10.5. The maximum Gasteiger partial charge on any atom is 0.417 e. The molecule has 0 fully saturated rings. The number of rotatable bonds is 7. The zero-order chi connectivity index (χ0) is 26.0. The SMILES string of the molecule is COc1ccc(S(=O)(=O)N(CC(=O)Nc2ccc(Cl)c(C(F)(F)F)c2)c2ccc(C)cc2)cc1Br. The Kier molecular flexibility index (Phi) is 8.03. The van der Waals surface area contributed by atoms with Gasteiger partial charge in [0.2, 0.25) is 5.91 Å². The third kappa shape index (κ3) is 6.28. The molecule has 0 atom stereocenters. The van der Waals surface area contributed by atoms with Crippen LogP contribution in [0, 0.1) is 6.92 Å². The summed E-state index contributed by atoms with van der Waals surface area (Å²) in [5.41, 5.74) is -0.239. The number of methoxy groups -OCH3 is 1. The summed E-state index contributed by atoms with van der Waals surface area (Å²) < 4.78 is 72.9. The highest BCUT2D eigenvalue weighted by atomic mass is 79.9. The fraction of sp³-hybridized carbons (Fsp3) is 0.174. The van der Waals surface area contributed by atoms with Crippen molar-refractivity contribution in [2.24, 2.45) is 0 Å². The average Bonchev–Trinajstić information content (AvgIpc) is 2.78. The largest absolute Gasteiger partial charge is 0.496 e. The number of sulfonamides is 1. The van der Waals surface area contributed by atoms with Crippen LogP contribution in [0.1, 0.15) is 11.1 Å². The standard InChI is InChI=1S/C23H19BrClF3N2O4S/c1-14-3-6-16(7-4-14)30(35(32,33)17-8-10-21(34-2)19(24)12-17)13-22(31)29-15-5-9-20(25)18(11-15)23(26,27)28/h3-12H,13H2,1-2H3,(H,29,31). The molecular weight excluding hydrogens is 573 g/mol. The van der Waals surface area contributed by atoms with E-state index in [1.54, 1.807) is 12.1 Å². The molecule has 0 spiro atoms. The van der Waals surface area contributed by atoms with E-state index in [1.807, 2.05) is 6.92 Å². The molecule has 0 aliphatic carbocycles. The van der Waals surface area contributed by atoms with Gasteiger partial charge in [0.25, 0.3) is 10.0 Å². The van der Waals surface area contributed by atoms with Crippen LogP contribution < -0.4 is 14.4 Å². The summed E-state index contributed by atoms with van der Waals surface area (Å²) in [4.78, 5) is 12.7. The lowest BCUT2D eigenvalue weighted by atomic mass is 10.2. The van der Waals surface area contributed by atoms with Crippen LogP contribution >= 0.6 is 27.5 Å². The van der Waals surface area contributed by atoms with Gasteiger partial charge in [-0.3, -0.25) is 9.10 Å². The molecular formula is C23H19BrClF3N2O4S. The quantitative estimate of drug-likeness (QED) is 0.351. The first-order valence-corrected chi connectivity index (χ1v) is 12.5. The molecule has 3 rings (SSSR count). The molecule has 1 amide bonds. The van der Waals surface area contributed by atoms with Crippen molar-refractivity contribution in [1.29, 1.82) is 0 Å². The van der Waals surface area contributed by atoms with Crippen LogP contribution in [0.3, 0.4) is 0 Å². The lowest BCUT2D eigenvalue weighted by Crippen LogP contribution is -2.38. The fourth-order valence-corrected chi connectivity index (χ4v) is 5.48. The average molecular weight is 592 g/mol. The van der Waals surface area contributed by atoms with E-state index < -0.39 is 39.2 Å². The van der Waals surface area contributed by atoms with Gasteiger partial charge < -0.3 is 10.1 Å². The minimum absolute atomic E-state index is 0.121. The maximum absolute atomic E-state index is 13.5. The van der Waals surface area contributed by atoms with Crippen LogP contribution in [0.4, 0.5) is 24.5 Å². The molecule has 12 heteroatoms. The molecule has 0 saturated heterocycles. The van der Waals surface area contributed by atoms with Gasteiger partial charge in [-0.25, -0.2) is 8.42 Å². The Balaban J connectivity index is 1.96. The minimum Gasteiger partial charge on any atom is -0.496 e. The van der Waals surface area contributed by atoms with Gasteiger partial charge in [0.05, 0.1) is 32.8 Å². The van der Waals surface area contributed by atoms with Gasteiger partial charge in [-0.1, -0.05) is 29.3 Å². The van der Waals surface area contributed by atoms with Crippen LogP contribution in [-0.4, -0.2) is 28.0 Å². The molecule has 0 bridgehead atoms. The van der Waals surface area contributed by atoms with Gasteiger partial charge in [0, 0.05) is 5.69 Å². The van der Waals surface area contributed by atoms with Gasteiger partial charge in [-0.05, 0) is 71.4 Å². The lowest BCUT2D eigenvalue weighted by molar-refractivity contribution is -0.137. The van der Waals surface area contributed by atoms with E-state index in [0.717, 1.165) is 15.9 Å². The number of ether oxygens (including phenoxy) is 1. The molecule has 0 unspecified atom stereocenters. The summed E-state index contributed by atoms with van der Waals surface area (Å²) >= 11 is 8.87. The molecule has 0 saturated carbocycles.